The highest BCUT2D eigenvalue weighted by Crippen LogP contribution is 2.40. The minimum absolute atomic E-state index is 0.258. The topological polar surface area (TPSA) is 218 Å². The van der Waals surface area contributed by atoms with E-state index in [1.165, 1.54) is 11.3 Å². The highest BCUT2D eigenvalue weighted by atomic mass is 32.1. The van der Waals surface area contributed by atoms with Gasteiger partial charge in [-0.05, 0) is 176 Å². The zero-order valence-electron chi connectivity index (χ0n) is 50.3. The Labute approximate surface area is 518 Å². The standard InChI is InChI=1S/C69H80N4O14S/c1-4-7-8-15-41-73(69-72-59-23-20-40-70-64(59)88-69)71-47-52-46-60(86-67(78)50-28-24-48(25-29-50)65(76)84-55-36-32-53(33-37-55)80-42-16-9-11-18-44-82-61(74)5-2)57-21-13-14-22-58(57)63(52)87-68(79)51-30-26-49(27-31-51)66(77)85-56-38-34-54(35-39-56)81-43-17-10-12-19-45-83-62(75)6-3/h5-6,13-14,20-23,32-40,46-51H,2-4,7-12,15-19,24-31,41-45H2,1H3/b71-47+/t48-,49-,50-,51-. The van der Waals surface area contributed by atoms with Gasteiger partial charge >= 0.3 is 35.8 Å². The number of hydrazone groups is 1. The molecule has 2 aliphatic rings. The number of hydrogen-bond acceptors (Lipinski definition) is 19. The highest BCUT2D eigenvalue weighted by molar-refractivity contribution is 7.21. The maximum Gasteiger partial charge on any atom is 0.330 e. The Kier molecular flexibility index (Phi) is 25.9. The lowest BCUT2D eigenvalue weighted by Gasteiger charge is -2.27. The Morgan fingerprint density at radius 3 is 1.51 bits per heavy atom. The third-order valence-corrected chi connectivity index (χ3v) is 16.6. The molecule has 0 unspecified atom stereocenters. The van der Waals surface area contributed by atoms with E-state index in [1.54, 1.807) is 67.0 Å². The first-order valence-electron chi connectivity index (χ1n) is 31.0. The van der Waals surface area contributed by atoms with Crippen molar-refractivity contribution in [3.63, 3.8) is 0 Å². The molecule has 0 N–H and O–H groups in total. The summed E-state index contributed by atoms with van der Waals surface area (Å²) in [7, 11) is 0. The fraction of sp³-hybridized carbons (Fsp3) is 0.435. The van der Waals surface area contributed by atoms with E-state index in [4.69, 9.17) is 48.0 Å². The van der Waals surface area contributed by atoms with Crippen LogP contribution in [0.4, 0.5) is 5.13 Å². The number of unbranched alkanes of at least 4 members (excludes halogenated alkanes) is 9. The van der Waals surface area contributed by atoms with Gasteiger partial charge in [-0.25, -0.2) is 24.6 Å². The molecule has 2 saturated carbocycles. The SMILES string of the molecule is C=CC(=O)OCCCCCCOc1ccc(OC(=O)[C@H]2CC[C@H](C(=O)Oc3cc(/C=N/N(CCCCCC)c4nc5cccnc5s4)c(OC(=O)[C@H]4CC[C@H](C(=O)Oc5ccc(OCCCCCCOC(=O)C=C)cc5)CC4)c4ccccc34)CC2)cc1. The predicted molar refractivity (Wildman–Crippen MR) is 337 cm³/mol. The van der Waals surface area contributed by atoms with E-state index >= 15 is 0 Å². The van der Waals surface area contributed by atoms with Crippen molar-refractivity contribution < 1.29 is 66.7 Å². The molecule has 6 aromatic rings. The molecular formula is C69H80N4O14S. The van der Waals surface area contributed by atoms with Crippen LogP contribution in [0, 0.1) is 23.7 Å². The quantitative estimate of drug-likeness (QED) is 0.00916. The van der Waals surface area contributed by atoms with Gasteiger partial charge in [-0.1, -0.05) is 74.9 Å². The Bertz CT molecular complexity index is 3280. The maximum absolute atomic E-state index is 14.4. The van der Waals surface area contributed by atoms with Gasteiger partial charge in [-0.15, -0.1) is 0 Å². The summed E-state index contributed by atoms with van der Waals surface area (Å²) in [6.45, 7) is 11.3. The van der Waals surface area contributed by atoms with Crippen molar-refractivity contribution >= 4 is 79.6 Å². The monoisotopic (exact) mass is 1220 g/mol. The van der Waals surface area contributed by atoms with E-state index < -0.39 is 47.5 Å². The van der Waals surface area contributed by atoms with Gasteiger partial charge in [0, 0.05) is 41.2 Å². The second kappa shape index (κ2) is 34.8. The van der Waals surface area contributed by atoms with Crippen LogP contribution in [-0.4, -0.2) is 85.0 Å². The molecule has 0 atom stereocenters. The number of rotatable bonds is 34. The summed E-state index contributed by atoms with van der Waals surface area (Å²) in [5.74, 6) is -1.55. The van der Waals surface area contributed by atoms with E-state index in [0.29, 0.717) is 129 Å². The number of thiazole rings is 1. The number of esters is 6. The van der Waals surface area contributed by atoms with Crippen LogP contribution in [0.25, 0.3) is 21.1 Å². The number of pyridine rings is 1. The lowest BCUT2D eigenvalue weighted by molar-refractivity contribution is -0.145. The number of ether oxygens (including phenoxy) is 8. The van der Waals surface area contributed by atoms with Gasteiger partial charge in [-0.2, -0.15) is 5.10 Å². The molecule has 0 radical (unpaired) electrons. The zero-order valence-corrected chi connectivity index (χ0v) is 51.1. The average molecular weight is 1220 g/mol. The van der Waals surface area contributed by atoms with Crippen LogP contribution in [0.5, 0.6) is 34.5 Å². The highest BCUT2D eigenvalue weighted by Gasteiger charge is 2.35. The molecule has 0 bridgehead atoms. The van der Waals surface area contributed by atoms with E-state index in [2.05, 4.69) is 25.1 Å². The third kappa shape index (κ3) is 20.0. The van der Waals surface area contributed by atoms with Crippen molar-refractivity contribution in [1.29, 1.82) is 0 Å². The van der Waals surface area contributed by atoms with Crippen molar-refractivity contribution in [3.8, 4) is 34.5 Å². The maximum atomic E-state index is 14.4. The largest absolute Gasteiger partial charge is 0.494 e. The minimum Gasteiger partial charge on any atom is -0.494 e. The molecule has 8 rings (SSSR count). The molecule has 2 aliphatic carbocycles. The van der Waals surface area contributed by atoms with Crippen molar-refractivity contribution in [1.82, 2.24) is 9.97 Å². The number of nitrogens with zero attached hydrogens (tertiary/aromatic N) is 4. The Hall–Kier alpha value is -8.45. The van der Waals surface area contributed by atoms with Crippen LogP contribution in [0.3, 0.4) is 0 Å². The molecule has 88 heavy (non-hydrogen) atoms. The first-order valence-corrected chi connectivity index (χ1v) is 31.8. The summed E-state index contributed by atoms with van der Waals surface area (Å²) in [6, 6.07) is 26.7. The Morgan fingerprint density at radius 1 is 0.545 bits per heavy atom. The molecule has 2 aromatic heterocycles. The van der Waals surface area contributed by atoms with Crippen LogP contribution in [0.2, 0.25) is 0 Å². The van der Waals surface area contributed by atoms with Gasteiger partial charge in [0.05, 0.1) is 56.3 Å². The van der Waals surface area contributed by atoms with Crippen LogP contribution in [-0.2, 0) is 38.2 Å². The summed E-state index contributed by atoms with van der Waals surface area (Å²) < 4.78 is 46.1. The summed E-state index contributed by atoms with van der Waals surface area (Å²) in [4.78, 5) is 88.0. The van der Waals surface area contributed by atoms with Crippen LogP contribution in [0.15, 0.2) is 128 Å². The van der Waals surface area contributed by atoms with Crippen LogP contribution in [0.1, 0.15) is 141 Å². The smallest absolute Gasteiger partial charge is 0.330 e. The Balaban J connectivity index is 0.889. The number of fused-ring (bicyclic) bond motifs is 2. The second-order valence-electron chi connectivity index (χ2n) is 22.1. The molecule has 0 saturated heterocycles. The lowest BCUT2D eigenvalue weighted by Crippen LogP contribution is -2.31. The number of carbonyl (C=O) groups is 6. The molecule has 0 aliphatic heterocycles. The van der Waals surface area contributed by atoms with E-state index in [1.807, 2.05) is 41.4 Å². The summed E-state index contributed by atoms with van der Waals surface area (Å²) in [5, 5.41) is 8.60. The number of aromatic nitrogens is 2. The van der Waals surface area contributed by atoms with Gasteiger partial charge in [-0.3, -0.25) is 19.2 Å². The molecule has 4 aromatic carbocycles. The average Bonchev–Trinajstić information content (AvgIpc) is 3.05. The molecule has 19 heteroatoms. The molecule has 0 amide bonds. The third-order valence-electron chi connectivity index (χ3n) is 15.6. The van der Waals surface area contributed by atoms with Crippen molar-refractivity contribution in [3.05, 3.63) is 128 Å². The van der Waals surface area contributed by atoms with Crippen molar-refractivity contribution in [2.45, 2.75) is 135 Å². The number of benzene rings is 4. The summed E-state index contributed by atoms with van der Waals surface area (Å²) in [5.41, 5.74) is 1.16. The van der Waals surface area contributed by atoms with Gasteiger partial charge < -0.3 is 37.9 Å². The number of anilines is 1. The lowest BCUT2D eigenvalue weighted by atomic mass is 9.82. The normalized spacial score (nSPS) is 16.5. The fourth-order valence-electron chi connectivity index (χ4n) is 10.6. The zero-order chi connectivity index (χ0) is 61.9. The molecule has 2 fully saturated rings. The second-order valence-corrected chi connectivity index (χ2v) is 23.0. The van der Waals surface area contributed by atoms with Gasteiger partial charge in [0.15, 0.2) is 0 Å². The molecule has 466 valence electrons. The van der Waals surface area contributed by atoms with Gasteiger partial charge in [0.1, 0.15) is 44.8 Å². The van der Waals surface area contributed by atoms with E-state index in [0.717, 1.165) is 99.5 Å². The predicted octanol–water partition coefficient (Wildman–Crippen LogP) is 14.2. The fourth-order valence-corrected chi connectivity index (χ4v) is 11.5. The van der Waals surface area contributed by atoms with E-state index in [9.17, 15) is 28.8 Å². The molecule has 0 spiro atoms. The van der Waals surface area contributed by atoms with Gasteiger partial charge in [0.2, 0.25) is 5.13 Å². The van der Waals surface area contributed by atoms with Crippen LogP contribution >= 0.6 is 11.3 Å². The van der Waals surface area contributed by atoms with Crippen molar-refractivity contribution in [2.75, 3.05) is 38.0 Å². The number of hydrogen-bond donors (Lipinski definition) is 0. The Morgan fingerprint density at radius 2 is 1.01 bits per heavy atom. The molecule has 2 heterocycles. The van der Waals surface area contributed by atoms with Crippen LogP contribution < -0.4 is 33.4 Å². The first-order chi connectivity index (χ1) is 43.0. The minimum atomic E-state index is -0.504. The molecule has 18 nitrogen and oxygen atoms in total. The first kappa shape index (κ1) is 65.5. The van der Waals surface area contributed by atoms with Gasteiger partial charge in [0.25, 0.3) is 0 Å². The van der Waals surface area contributed by atoms with E-state index in [-0.39, 0.29) is 23.4 Å². The van der Waals surface area contributed by atoms with Crippen molar-refractivity contribution in [2.24, 2.45) is 28.8 Å². The molecular weight excluding hydrogens is 1140 g/mol. The summed E-state index contributed by atoms with van der Waals surface area (Å²) >= 11 is 1.43. The summed E-state index contributed by atoms with van der Waals surface area (Å²) in [6.07, 6.45) is 19.9. The number of carbonyl (C=O) groups excluding carboxylic acids is 6.